The molecule has 1 aliphatic rings. The summed E-state index contributed by atoms with van der Waals surface area (Å²) in [6, 6.07) is 11.0. The van der Waals surface area contributed by atoms with Crippen LogP contribution in [0.1, 0.15) is 35.4 Å². The Morgan fingerprint density at radius 3 is 3.05 bits per heavy atom. The van der Waals surface area contributed by atoms with Crippen molar-refractivity contribution in [2.75, 3.05) is 5.32 Å². The molecule has 0 radical (unpaired) electrons. The van der Waals surface area contributed by atoms with Gasteiger partial charge in [-0.3, -0.25) is 4.79 Å². The van der Waals surface area contributed by atoms with Crippen LogP contribution in [0.2, 0.25) is 0 Å². The van der Waals surface area contributed by atoms with Crippen LogP contribution in [0, 0.1) is 0 Å². The van der Waals surface area contributed by atoms with Gasteiger partial charge < -0.3 is 10.6 Å². The van der Waals surface area contributed by atoms with E-state index in [0.717, 1.165) is 25.1 Å². The van der Waals surface area contributed by atoms with Gasteiger partial charge in [-0.25, -0.2) is 0 Å². The highest BCUT2D eigenvalue weighted by molar-refractivity contribution is 7.10. The van der Waals surface area contributed by atoms with E-state index in [4.69, 9.17) is 0 Å². The average Bonchev–Trinajstić information content (AvgIpc) is 3.02. The van der Waals surface area contributed by atoms with Crippen LogP contribution >= 0.6 is 11.3 Å². The maximum atomic E-state index is 11.2. The lowest BCUT2D eigenvalue weighted by atomic mass is 10.1. The normalized spacial score (nSPS) is 16.9. The maximum absolute atomic E-state index is 11.2. The van der Waals surface area contributed by atoms with Crippen LogP contribution in [0.5, 0.6) is 0 Å². The summed E-state index contributed by atoms with van der Waals surface area (Å²) in [7, 11) is 0. The number of anilines is 1. The number of carbonyl (C=O) groups excluding carboxylic acids is 1. The fraction of sp³-hybridized carbons (Fsp3) is 0.312. The van der Waals surface area contributed by atoms with Crippen LogP contribution in [0.15, 0.2) is 35.7 Å². The van der Waals surface area contributed by atoms with Crippen molar-refractivity contribution >= 4 is 22.9 Å². The van der Waals surface area contributed by atoms with Gasteiger partial charge >= 0.3 is 0 Å². The minimum atomic E-state index is -0.0177. The molecular weight excluding hydrogens is 268 g/mol. The monoisotopic (exact) mass is 286 g/mol. The number of hydrogen-bond donors (Lipinski definition) is 2. The fourth-order valence-corrected chi connectivity index (χ4v) is 3.54. The Morgan fingerprint density at radius 1 is 1.35 bits per heavy atom. The summed E-state index contributed by atoms with van der Waals surface area (Å²) >= 11 is 1.68. The summed E-state index contributed by atoms with van der Waals surface area (Å²) in [5.41, 5.74) is 3.81. The lowest BCUT2D eigenvalue weighted by molar-refractivity contribution is -0.114. The first kappa shape index (κ1) is 13.3. The number of rotatable bonds is 4. The number of hydrogen-bond acceptors (Lipinski definition) is 3. The first-order chi connectivity index (χ1) is 9.74. The summed E-state index contributed by atoms with van der Waals surface area (Å²) in [5.74, 6) is -0.0177. The molecule has 0 saturated heterocycles. The second-order valence-corrected chi connectivity index (χ2v) is 6.11. The Kier molecular flexibility index (Phi) is 3.85. The van der Waals surface area contributed by atoms with E-state index in [0.29, 0.717) is 6.04 Å². The number of benzene rings is 1. The van der Waals surface area contributed by atoms with Crippen LogP contribution < -0.4 is 10.6 Å². The molecule has 3 rings (SSSR count). The number of aryl methyl sites for hydroxylation is 1. The molecule has 1 atom stereocenters. The molecule has 104 valence electrons. The Labute approximate surface area is 123 Å². The van der Waals surface area contributed by atoms with Gasteiger partial charge in [-0.05, 0) is 35.4 Å². The van der Waals surface area contributed by atoms with Gasteiger partial charge in [0.25, 0.3) is 0 Å². The summed E-state index contributed by atoms with van der Waals surface area (Å²) in [6.45, 7) is 2.34. The standard InChI is InChI=1S/C16H18N2OS/c1-11(19)18-15-8-9-20-16(15)10-17-14-7-6-12-4-2-3-5-13(12)14/h2-5,8-9,14,17H,6-7,10H2,1H3,(H,18,19). The van der Waals surface area contributed by atoms with E-state index in [2.05, 4.69) is 34.9 Å². The van der Waals surface area contributed by atoms with Gasteiger partial charge in [0.2, 0.25) is 5.91 Å². The van der Waals surface area contributed by atoms with E-state index in [-0.39, 0.29) is 5.91 Å². The number of amides is 1. The summed E-state index contributed by atoms with van der Waals surface area (Å²) in [6.07, 6.45) is 2.30. The van der Waals surface area contributed by atoms with Gasteiger partial charge in [-0.15, -0.1) is 11.3 Å². The van der Waals surface area contributed by atoms with E-state index in [9.17, 15) is 4.79 Å². The van der Waals surface area contributed by atoms with Crippen molar-refractivity contribution in [3.8, 4) is 0 Å². The van der Waals surface area contributed by atoms with Gasteiger partial charge in [-0.2, -0.15) is 0 Å². The Morgan fingerprint density at radius 2 is 2.20 bits per heavy atom. The van der Waals surface area contributed by atoms with Gasteiger partial charge in [-0.1, -0.05) is 24.3 Å². The van der Waals surface area contributed by atoms with E-state index >= 15 is 0 Å². The van der Waals surface area contributed by atoms with Crippen LogP contribution in [0.3, 0.4) is 0 Å². The van der Waals surface area contributed by atoms with Crippen molar-refractivity contribution in [3.63, 3.8) is 0 Å². The van der Waals surface area contributed by atoms with E-state index in [1.165, 1.54) is 16.0 Å². The molecule has 2 N–H and O–H groups in total. The van der Waals surface area contributed by atoms with Crippen LogP contribution in [0.4, 0.5) is 5.69 Å². The molecule has 0 spiro atoms. The topological polar surface area (TPSA) is 41.1 Å². The zero-order chi connectivity index (χ0) is 13.9. The third-order valence-corrected chi connectivity index (χ3v) is 4.62. The van der Waals surface area contributed by atoms with Crippen molar-refractivity contribution < 1.29 is 4.79 Å². The van der Waals surface area contributed by atoms with E-state index in [1.807, 2.05) is 11.4 Å². The number of thiophene rings is 1. The molecule has 1 heterocycles. The molecule has 1 aromatic heterocycles. The molecule has 1 aromatic carbocycles. The highest BCUT2D eigenvalue weighted by Gasteiger charge is 2.21. The van der Waals surface area contributed by atoms with Gasteiger partial charge in [0.05, 0.1) is 5.69 Å². The minimum absolute atomic E-state index is 0.0177. The molecule has 1 unspecified atom stereocenters. The molecule has 2 aromatic rings. The van der Waals surface area contributed by atoms with Crippen molar-refractivity contribution in [1.29, 1.82) is 0 Å². The predicted molar refractivity (Wildman–Crippen MR) is 83.0 cm³/mol. The van der Waals surface area contributed by atoms with E-state index in [1.54, 1.807) is 18.3 Å². The van der Waals surface area contributed by atoms with Crippen molar-refractivity contribution in [1.82, 2.24) is 5.32 Å². The van der Waals surface area contributed by atoms with Crippen LogP contribution in [-0.4, -0.2) is 5.91 Å². The fourth-order valence-electron chi connectivity index (χ4n) is 2.76. The first-order valence-electron chi connectivity index (χ1n) is 6.89. The average molecular weight is 286 g/mol. The summed E-state index contributed by atoms with van der Waals surface area (Å²) in [4.78, 5) is 12.3. The van der Waals surface area contributed by atoms with Crippen LogP contribution in [-0.2, 0) is 17.8 Å². The van der Waals surface area contributed by atoms with Gasteiger partial charge in [0, 0.05) is 24.4 Å². The first-order valence-corrected chi connectivity index (χ1v) is 7.77. The molecule has 0 aliphatic heterocycles. The highest BCUT2D eigenvalue weighted by Crippen LogP contribution is 2.31. The second-order valence-electron chi connectivity index (χ2n) is 5.11. The summed E-state index contributed by atoms with van der Waals surface area (Å²) in [5, 5.41) is 8.51. The molecule has 0 fully saturated rings. The predicted octanol–water partition coefficient (Wildman–Crippen LogP) is 3.48. The van der Waals surface area contributed by atoms with Crippen molar-refractivity contribution in [3.05, 3.63) is 51.7 Å². The molecule has 0 saturated carbocycles. The number of carbonyl (C=O) groups is 1. The van der Waals surface area contributed by atoms with Gasteiger partial charge in [0.15, 0.2) is 0 Å². The molecule has 3 nitrogen and oxygen atoms in total. The summed E-state index contributed by atoms with van der Waals surface area (Å²) < 4.78 is 0. The van der Waals surface area contributed by atoms with E-state index < -0.39 is 0 Å². The lowest BCUT2D eigenvalue weighted by Crippen LogP contribution is -2.19. The zero-order valence-corrected chi connectivity index (χ0v) is 12.3. The maximum Gasteiger partial charge on any atom is 0.221 e. The minimum Gasteiger partial charge on any atom is -0.325 e. The Balaban J connectivity index is 1.66. The van der Waals surface area contributed by atoms with Crippen molar-refractivity contribution in [2.45, 2.75) is 32.4 Å². The highest BCUT2D eigenvalue weighted by atomic mass is 32.1. The molecule has 1 aliphatic carbocycles. The number of nitrogens with one attached hydrogen (secondary N) is 2. The third kappa shape index (κ3) is 2.76. The quantitative estimate of drug-likeness (QED) is 0.903. The van der Waals surface area contributed by atoms with Crippen LogP contribution in [0.25, 0.3) is 0 Å². The molecule has 1 amide bonds. The SMILES string of the molecule is CC(=O)Nc1ccsc1CNC1CCc2ccccc21. The third-order valence-electron chi connectivity index (χ3n) is 3.70. The second kappa shape index (κ2) is 5.77. The molecule has 0 bridgehead atoms. The Bertz CT molecular complexity index is 620. The Hall–Kier alpha value is -1.65. The van der Waals surface area contributed by atoms with Gasteiger partial charge in [0.1, 0.15) is 0 Å². The van der Waals surface area contributed by atoms with Crippen molar-refractivity contribution in [2.24, 2.45) is 0 Å². The molecule has 20 heavy (non-hydrogen) atoms. The zero-order valence-electron chi connectivity index (χ0n) is 11.5. The lowest BCUT2D eigenvalue weighted by Gasteiger charge is -2.14. The molecular formula is C16H18N2OS. The smallest absolute Gasteiger partial charge is 0.221 e. The number of fused-ring (bicyclic) bond motifs is 1. The largest absolute Gasteiger partial charge is 0.325 e. The molecule has 4 heteroatoms.